The van der Waals surface area contributed by atoms with Gasteiger partial charge >= 0.3 is 5.97 Å². The van der Waals surface area contributed by atoms with Gasteiger partial charge < -0.3 is 4.74 Å². The lowest BCUT2D eigenvalue weighted by atomic mass is 9.97. The van der Waals surface area contributed by atoms with Crippen molar-refractivity contribution >= 4 is 5.97 Å². The van der Waals surface area contributed by atoms with Gasteiger partial charge in [-0.3, -0.25) is 0 Å². The molecule has 0 aromatic heterocycles. The zero-order valence-corrected chi connectivity index (χ0v) is 10.6. The van der Waals surface area contributed by atoms with E-state index in [-0.39, 0.29) is 11.4 Å². The molecule has 0 saturated carbocycles. The molecule has 0 fully saturated rings. The monoisotopic (exact) mass is 230 g/mol. The molecular weight excluding hydrogens is 212 g/mol. The molecule has 0 aliphatic heterocycles. The predicted molar refractivity (Wildman–Crippen MR) is 68.3 cm³/mol. The molecule has 0 unspecified atom stereocenters. The third-order valence-electron chi connectivity index (χ3n) is 1.94. The number of rotatable bonds is 3. The van der Waals surface area contributed by atoms with E-state index in [9.17, 15) is 4.79 Å². The summed E-state index contributed by atoms with van der Waals surface area (Å²) in [4.78, 5) is 11.3. The van der Waals surface area contributed by atoms with Crippen LogP contribution in [-0.2, 0) is 16.1 Å². The van der Waals surface area contributed by atoms with Gasteiger partial charge in [0.2, 0.25) is 0 Å². The minimum atomic E-state index is -0.366. The highest BCUT2D eigenvalue weighted by Gasteiger charge is 2.03. The van der Waals surface area contributed by atoms with Crippen LogP contribution in [-0.4, -0.2) is 5.97 Å². The zero-order chi connectivity index (χ0) is 12.7. The Balaban J connectivity index is 2.44. The Morgan fingerprint density at radius 3 is 2.53 bits per heavy atom. The molecule has 2 heteroatoms. The van der Waals surface area contributed by atoms with Crippen LogP contribution in [0.15, 0.2) is 48.2 Å². The van der Waals surface area contributed by atoms with E-state index in [1.165, 1.54) is 6.08 Å². The highest BCUT2D eigenvalue weighted by molar-refractivity contribution is 5.81. The molecule has 0 bridgehead atoms. The van der Waals surface area contributed by atoms with Gasteiger partial charge in [-0.15, -0.1) is 5.73 Å². The summed E-state index contributed by atoms with van der Waals surface area (Å²) in [6, 6.07) is 9.60. The van der Waals surface area contributed by atoms with Crippen LogP contribution in [0.5, 0.6) is 0 Å². The van der Waals surface area contributed by atoms with Gasteiger partial charge in [-0.25, -0.2) is 4.79 Å². The summed E-state index contributed by atoms with van der Waals surface area (Å²) in [6.07, 6.45) is 3.17. The Labute approximate surface area is 103 Å². The maximum Gasteiger partial charge on any atom is 0.338 e. The minimum absolute atomic E-state index is 0.0240. The second kappa shape index (κ2) is 6.07. The average molecular weight is 230 g/mol. The van der Waals surface area contributed by atoms with Crippen molar-refractivity contribution in [3.8, 4) is 0 Å². The fourth-order valence-electron chi connectivity index (χ4n) is 1.13. The molecule has 0 spiro atoms. The molecule has 90 valence electrons. The first-order valence-corrected chi connectivity index (χ1v) is 5.62. The van der Waals surface area contributed by atoms with E-state index in [0.29, 0.717) is 6.61 Å². The Hall–Kier alpha value is -1.79. The molecule has 0 atom stereocenters. The number of hydrogen-bond donors (Lipinski definition) is 0. The number of benzene rings is 1. The summed E-state index contributed by atoms with van der Waals surface area (Å²) >= 11 is 0. The molecule has 1 aromatic rings. The van der Waals surface area contributed by atoms with E-state index in [2.05, 4.69) is 5.73 Å². The lowest BCUT2D eigenvalue weighted by Gasteiger charge is -2.08. The summed E-state index contributed by atoms with van der Waals surface area (Å²) in [6.45, 7) is 6.43. The van der Waals surface area contributed by atoms with Crippen molar-refractivity contribution in [2.24, 2.45) is 5.41 Å². The molecule has 0 radical (unpaired) electrons. The zero-order valence-electron chi connectivity index (χ0n) is 10.6. The summed E-state index contributed by atoms with van der Waals surface area (Å²) < 4.78 is 5.07. The van der Waals surface area contributed by atoms with Gasteiger partial charge in [0, 0.05) is 0 Å². The van der Waals surface area contributed by atoms with Crippen molar-refractivity contribution in [1.82, 2.24) is 0 Å². The maximum atomic E-state index is 11.3. The normalized spacial score (nSPS) is 10.3. The van der Waals surface area contributed by atoms with Gasteiger partial charge in [0.25, 0.3) is 0 Å². The molecular formula is C15H18O2. The lowest BCUT2D eigenvalue weighted by molar-refractivity contribution is -0.138. The van der Waals surface area contributed by atoms with Crippen molar-refractivity contribution in [1.29, 1.82) is 0 Å². The van der Waals surface area contributed by atoms with Crippen LogP contribution < -0.4 is 0 Å². The van der Waals surface area contributed by atoms with Crippen LogP contribution in [0.2, 0.25) is 0 Å². The van der Waals surface area contributed by atoms with E-state index in [4.69, 9.17) is 4.74 Å². The number of ether oxygens (including phenoxy) is 1. The standard InChI is InChI=1S/C15H18O2/c1-15(2,3)11-7-10-14(16)17-12-13-8-5-4-6-9-13/h4-6,8-11H,12H2,1-3H3. The topological polar surface area (TPSA) is 26.3 Å². The van der Waals surface area contributed by atoms with Crippen molar-refractivity contribution in [3.05, 3.63) is 53.8 Å². The Morgan fingerprint density at radius 1 is 1.29 bits per heavy atom. The molecule has 1 rings (SSSR count). The number of carbonyl (C=O) groups is 1. The van der Waals surface area contributed by atoms with Crippen LogP contribution in [0.3, 0.4) is 0 Å². The molecule has 0 aliphatic carbocycles. The number of esters is 1. The predicted octanol–water partition coefficient (Wildman–Crippen LogP) is 3.49. The second-order valence-electron chi connectivity index (χ2n) is 4.91. The third-order valence-corrected chi connectivity index (χ3v) is 1.94. The minimum Gasteiger partial charge on any atom is -0.457 e. The SMILES string of the molecule is CC(C)(C)C=C=CC(=O)OCc1ccccc1. The van der Waals surface area contributed by atoms with Crippen molar-refractivity contribution in [2.45, 2.75) is 27.4 Å². The fourth-order valence-corrected chi connectivity index (χ4v) is 1.13. The Morgan fingerprint density at radius 2 is 1.94 bits per heavy atom. The van der Waals surface area contributed by atoms with Gasteiger partial charge in [-0.1, -0.05) is 51.1 Å². The van der Waals surface area contributed by atoms with Gasteiger partial charge in [-0.05, 0) is 17.1 Å². The van der Waals surface area contributed by atoms with Crippen LogP contribution in [0, 0.1) is 5.41 Å². The summed E-state index contributed by atoms with van der Waals surface area (Å²) in [5.41, 5.74) is 3.84. The largest absolute Gasteiger partial charge is 0.457 e. The van der Waals surface area contributed by atoms with Gasteiger partial charge in [0.1, 0.15) is 6.61 Å². The summed E-state index contributed by atoms with van der Waals surface area (Å²) in [7, 11) is 0. The van der Waals surface area contributed by atoms with E-state index in [0.717, 1.165) is 5.56 Å². The highest BCUT2D eigenvalue weighted by atomic mass is 16.5. The van der Waals surface area contributed by atoms with Crippen LogP contribution >= 0.6 is 0 Å². The molecule has 2 nitrogen and oxygen atoms in total. The smallest absolute Gasteiger partial charge is 0.338 e. The first-order chi connectivity index (χ1) is 7.97. The van der Waals surface area contributed by atoms with Gasteiger partial charge in [-0.2, -0.15) is 0 Å². The first kappa shape index (κ1) is 13.3. The van der Waals surface area contributed by atoms with Crippen LogP contribution in [0.1, 0.15) is 26.3 Å². The van der Waals surface area contributed by atoms with Gasteiger partial charge in [0.15, 0.2) is 0 Å². The molecule has 1 aromatic carbocycles. The third kappa shape index (κ3) is 6.39. The van der Waals surface area contributed by atoms with Crippen LogP contribution in [0.4, 0.5) is 0 Å². The molecule has 17 heavy (non-hydrogen) atoms. The quantitative estimate of drug-likeness (QED) is 0.451. The van der Waals surface area contributed by atoms with E-state index >= 15 is 0 Å². The highest BCUT2D eigenvalue weighted by Crippen LogP contribution is 2.13. The molecule has 0 N–H and O–H groups in total. The van der Waals surface area contributed by atoms with Crippen molar-refractivity contribution < 1.29 is 9.53 Å². The summed E-state index contributed by atoms with van der Waals surface area (Å²) in [5.74, 6) is -0.366. The van der Waals surface area contributed by atoms with Crippen molar-refractivity contribution in [2.75, 3.05) is 0 Å². The van der Waals surface area contributed by atoms with Crippen LogP contribution in [0.25, 0.3) is 0 Å². The second-order valence-corrected chi connectivity index (χ2v) is 4.91. The molecule has 0 saturated heterocycles. The van der Waals surface area contributed by atoms with E-state index < -0.39 is 0 Å². The first-order valence-electron chi connectivity index (χ1n) is 5.62. The molecule has 0 heterocycles. The lowest BCUT2D eigenvalue weighted by Crippen LogP contribution is -2.01. The Kier molecular flexibility index (Phi) is 4.74. The average Bonchev–Trinajstić information content (AvgIpc) is 2.26. The number of hydrogen-bond acceptors (Lipinski definition) is 2. The molecule has 0 amide bonds. The fraction of sp³-hybridized carbons (Fsp3) is 0.333. The Bertz CT molecular complexity index is 418. The van der Waals surface area contributed by atoms with E-state index in [1.807, 2.05) is 57.2 Å². The van der Waals surface area contributed by atoms with Gasteiger partial charge in [0.05, 0.1) is 6.08 Å². The maximum absolute atomic E-state index is 11.3. The van der Waals surface area contributed by atoms with Crippen molar-refractivity contribution in [3.63, 3.8) is 0 Å². The summed E-state index contributed by atoms with van der Waals surface area (Å²) in [5, 5.41) is 0. The van der Waals surface area contributed by atoms with E-state index in [1.54, 1.807) is 0 Å². The number of carbonyl (C=O) groups excluding carboxylic acids is 1. The molecule has 0 aliphatic rings.